The zero-order valence-corrected chi connectivity index (χ0v) is 29.8. The Balaban J connectivity index is 1.24. The van der Waals surface area contributed by atoms with Gasteiger partial charge in [-0.1, -0.05) is 18.6 Å². The molecule has 5 atom stereocenters. The Morgan fingerprint density at radius 2 is 2.02 bits per heavy atom. The smallest absolute Gasteiger partial charge is 0.318 e. The number of carbonyl (C=O) groups excluding carboxylic acids is 1. The number of hydrogen-bond acceptors (Lipinski definition) is 10. The highest BCUT2D eigenvalue weighted by Gasteiger charge is 2.44. The number of rotatable bonds is 8. The van der Waals surface area contributed by atoms with Crippen molar-refractivity contribution < 1.29 is 23.4 Å². The Labute approximate surface area is 303 Å². The van der Waals surface area contributed by atoms with Gasteiger partial charge in [-0.15, -0.1) is 6.42 Å². The van der Waals surface area contributed by atoms with E-state index in [1.807, 2.05) is 11.8 Å². The molecule has 1 amide bonds. The molecule has 4 aliphatic rings. The summed E-state index contributed by atoms with van der Waals surface area (Å²) >= 11 is 0. The first kappa shape index (κ1) is 35.6. The standard InChI is InChI=1S/C39H46F2N8O3/c1-5-30-32(41)13-10-25-16-39(4,51)22-48(35(25)30)28-11-12-31-33(15-28)45-37(46-36(31)47-14-8-7-9-27(21-47)44-34(50)6-2)52-23-38(3)17-26(40)20-49(38)29-18-42-24-43-19-29/h1,6,10,13,18-19,24,26-28,51H,2,7-9,11-12,14-17,20-23H2,3-4H3,(H,44,50)/t26-,27?,28+,38+,39+/m1/s1. The Kier molecular flexibility index (Phi) is 9.78. The maximum Gasteiger partial charge on any atom is 0.318 e. The van der Waals surface area contributed by atoms with Gasteiger partial charge in [-0.05, 0) is 63.7 Å². The van der Waals surface area contributed by atoms with Crippen molar-refractivity contribution in [2.45, 2.75) is 94.6 Å². The van der Waals surface area contributed by atoms with E-state index in [0.29, 0.717) is 43.6 Å². The van der Waals surface area contributed by atoms with E-state index in [2.05, 4.69) is 37.6 Å². The Morgan fingerprint density at radius 3 is 2.79 bits per heavy atom. The van der Waals surface area contributed by atoms with E-state index >= 15 is 4.39 Å². The molecule has 11 nitrogen and oxygen atoms in total. The van der Waals surface area contributed by atoms with E-state index in [1.54, 1.807) is 25.4 Å². The molecule has 2 aromatic heterocycles. The van der Waals surface area contributed by atoms with Crippen molar-refractivity contribution in [3.8, 4) is 18.4 Å². The number of amides is 1. The molecule has 0 radical (unpaired) electrons. The van der Waals surface area contributed by atoms with Crippen molar-refractivity contribution in [2.75, 3.05) is 47.5 Å². The summed E-state index contributed by atoms with van der Waals surface area (Å²) < 4.78 is 36.5. The molecule has 0 saturated carbocycles. The average Bonchev–Trinajstić information content (AvgIpc) is 3.26. The number of anilines is 3. The van der Waals surface area contributed by atoms with Gasteiger partial charge in [-0.25, -0.2) is 18.7 Å². The van der Waals surface area contributed by atoms with Crippen molar-refractivity contribution in [3.05, 3.63) is 71.7 Å². The third-order valence-electron chi connectivity index (χ3n) is 10.9. The molecule has 1 aromatic carbocycles. The van der Waals surface area contributed by atoms with Gasteiger partial charge < -0.3 is 29.9 Å². The Bertz CT molecular complexity index is 1870. The minimum atomic E-state index is -1.06. The van der Waals surface area contributed by atoms with Gasteiger partial charge >= 0.3 is 6.01 Å². The second kappa shape index (κ2) is 14.3. The molecule has 13 heteroatoms. The van der Waals surface area contributed by atoms with Gasteiger partial charge in [-0.2, -0.15) is 9.97 Å². The van der Waals surface area contributed by atoms with Crippen LogP contribution in [0.1, 0.15) is 68.3 Å². The maximum absolute atomic E-state index is 15.1. The molecule has 7 rings (SSSR count). The molecule has 3 aromatic rings. The first-order valence-corrected chi connectivity index (χ1v) is 18.1. The molecule has 3 aliphatic heterocycles. The van der Waals surface area contributed by atoms with Crippen LogP contribution in [0, 0.1) is 18.2 Å². The maximum atomic E-state index is 15.1. The number of terminal acetylenes is 1. The van der Waals surface area contributed by atoms with E-state index < -0.39 is 23.1 Å². The highest BCUT2D eigenvalue weighted by Crippen LogP contribution is 2.41. The third-order valence-corrected chi connectivity index (χ3v) is 10.9. The number of carbonyl (C=O) groups is 1. The number of hydrogen-bond donors (Lipinski definition) is 2. The number of aliphatic hydroxyl groups is 1. The summed E-state index contributed by atoms with van der Waals surface area (Å²) in [6.07, 6.45) is 16.0. The van der Waals surface area contributed by atoms with Crippen molar-refractivity contribution in [3.63, 3.8) is 0 Å². The van der Waals surface area contributed by atoms with E-state index in [0.717, 1.165) is 48.4 Å². The number of β-amino-alcohol motifs (C(OH)–C–C–N with tert-alkyl or cyclic N) is 1. The van der Waals surface area contributed by atoms with Crippen LogP contribution in [0.3, 0.4) is 0 Å². The van der Waals surface area contributed by atoms with Crippen LogP contribution in [0.4, 0.5) is 26.0 Å². The van der Waals surface area contributed by atoms with Crippen LogP contribution in [0.5, 0.6) is 6.01 Å². The van der Waals surface area contributed by atoms with Crippen LogP contribution in [0.15, 0.2) is 43.5 Å². The molecule has 52 heavy (non-hydrogen) atoms. The van der Waals surface area contributed by atoms with Crippen LogP contribution in [0.2, 0.25) is 0 Å². The summed E-state index contributed by atoms with van der Waals surface area (Å²) in [5.74, 6) is 2.65. The molecule has 5 heterocycles. The lowest BCUT2D eigenvalue weighted by atomic mass is 9.84. The number of ether oxygens (including phenoxy) is 1. The average molecular weight is 713 g/mol. The van der Waals surface area contributed by atoms with Gasteiger partial charge in [0.05, 0.1) is 52.7 Å². The van der Waals surface area contributed by atoms with Gasteiger partial charge in [0.2, 0.25) is 5.91 Å². The molecule has 1 unspecified atom stereocenters. The molecule has 274 valence electrons. The van der Waals surface area contributed by atoms with E-state index in [4.69, 9.17) is 21.1 Å². The summed E-state index contributed by atoms with van der Waals surface area (Å²) in [7, 11) is 0. The predicted molar refractivity (Wildman–Crippen MR) is 195 cm³/mol. The second-order valence-electron chi connectivity index (χ2n) is 15.2. The second-order valence-corrected chi connectivity index (χ2v) is 15.2. The van der Waals surface area contributed by atoms with Gasteiger partial charge in [0.15, 0.2) is 0 Å². The van der Waals surface area contributed by atoms with Crippen molar-refractivity contribution in [1.82, 2.24) is 25.3 Å². The summed E-state index contributed by atoms with van der Waals surface area (Å²) in [5, 5.41) is 14.4. The number of fused-ring (bicyclic) bond motifs is 2. The number of nitrogens with one attached hydrogen (secondary N) is 1. The summed E-state index contributed by atoms with van der Waals surface area (Å²) in [4.78, 5) is 36.8. The molecule has 1 aliphatic carbocycles. The lowest BCUT2D eigenvalue weighted by Gasteiger charge is -2.46. The van der Waals surface area contributed by atoms with Gasteiger partial charge in [0.25, 0.3) is 0 Å². The van der Waals surface area contributed by atoms with Gasteiger partial charge in [0.1, 0.15) is 30.7 Å². The fourth-order valence-corrected chi connectivity index (χ4v) is 8.58. The van der Waals surface area contributed by atoms with E-state index in [-0.39, 0.29) is 55.7 Å². The molecule has 2 saturated heterocycles. The van der Waals surface area contributed by atoms with Crippen LogP contribution >= 0.6 is 0 Å². The quantitative estimate of drug-likeness (QED) is 0.261. The highest BCUT2D eigenvalue weighted by molar-refractivity contribution is 5.87. The number of aromatic nitrogens is 4. The Hall–Kier alpha value is -4.83. The third kappa shape index (κ3) is 7.13. The fourth-order valence-electron chi connectivity index (χ4n) is 8.58. The summed E-state index contributed by atoms with van der Waals surface area (Å²) in [6, 6.07) is 3.04. The largest absolute Gasteiger partial charge is 0.461 e. The monoisotopic (exact) mass is 712 g/mol. The zero-order chi connectivity index (χ0) is 36.6. The van der Waals surface area contributed by atoms with Crippen molar-refractivity contribution in [1.29, 1.82) is 0 Å². The SMILES string of the molecule is C#Cc1c(F)ccc2c1N([C@H]1CCc3c(nc(OC[C@]4(C)C[C@@H](F)CN4c4cncnc4)nc3N3CCCCC(NC(=O)C=C)C3)C1)C[C@@](C)(O)C2. The van der Waals surface area contributed by atoms with Crippen LogP contribution in [-0.4, -0.2) is 93.1 Å². The molecule has 0 spiro atoms. The fraction of sp³-hybridized carbons (Fsp3) is 0.513. The normalized spacial score (nSPS) is 27.2. The molecule has 2 N–H and O–H groups in total. The van der Waals surface area contributed by atoms with Crippen LogP contribution < -0.4 is 24.8 Å². The van der Waals surface area contributed by atoms with E-state index in [9.17, 15) is 14.3 Å². The van der Waals surface area contributed by atoms with Gasteiger partial charge in [-0.3, -0.25) is 4.79 Å². The van der Waals surface area contributed by atoms with Gasteiger partial charge in [0, 0.05) is 56.5 Å². The predicted octanol–water partition coefficient (Wildman–Crippen LogP) is 4.11. The molecular formula is C39H46F2N8O3. The highest BCUT2D eigenvalue weighted by atomic mass is 19.1. The molecular weight excluding hydrogens is 666 g/mol. The Morgan fingerprint density at radius 1 is 1.21 bits per heavy atom. The summed E-state index contributed by atoms with van der Waals surface area (Å²) in [6.45, 7) is 9.27. The minimum absolute atomic E-state index is 0.0935. The van der Waals surface area contributed by atoms with Crippen LogP contribution in [-0.2, 0) is 24.1 Å². The number of halogens is 2. The van der Waals surface area contributed by atoms with Crippen molar-refractivity contribution in [2.24, 2.45) is 0 Å². The summed E-state index contributed by atoms with van der Waals surface area (Å²) in [5.41, 5.74) is 2.41. The topological polar surface area (TPSA) is 120 Å². The molecule has 0 bridgehead atoms. The minimum Gasteiger partial charge on any atom is -0.461 e. The zero-order valence-electron chi connectivity index (χ0n) is 29.8. The number of nitrogens with zero attached hydrogens (tertiary/aromatic N) is 7. The first-order valence-electron chi connectivity index (χ1n) is 18.1. The number of benzene rings is 1. The number of alkyl halides is 1. The lowest BCUT2D eigenvalue weighted by Crippen LogP contribution is -2.53. The van der Waals surface area contributed by atoms with Crippen LogP contribution in [0.25, 0.3) is 0 Å². The first-order chi connectivity index (χ1) is 25.0. The molecule has 2 fully saturated rings. The van der Waals surface area contributed by atoms with E-state index in [1.165, 1.54) is 18.5 Å². The van der Waals surface area contributed by atoms with Crippen molar-refractivity contribution >= 4 is 23.1 Å². The lowest BCUT2D eigenvalue weighted by molar-refractivity contribution is -0.117.